The van der Waals surface area contributed by atoms with Crippen molar-refractivity contribution in [3.8, 4) is 0 Å². The third-order valence-corrected chi connectivity index (χ3v) is 5.22. The fourth-order valence-corrected chi connectivity index (χ4v) is 3.93. The summed E-state index contributed by atoms with van der Waals surface area (Å²) in [6, 6.07) is 6.99. The van der Waals surface area contributed by atoms with Gasteiger partial charge in [-0.2, -0.15) is 27.2 Å². The van der Waals surface area contributed by atoms with E-state index in [1.54, 1.807) is 18.2 Å². The number of aromatic nitrogens is 5. The zero-order chi connectivity index (χ0) is 19.6. The van der Waals surface area contributed by atoms with E-state index < -0.39 is 18.7 Å². The number of hydrogen-bond donors (Lipinski definition) is 0. The summed E-state index contributed by atoms with van der Waals surface area (Å²) in [5.41, 5.74) is 3.02. The molecule has 1 aliphatic carbocycles. The van der Waals surface area contributed by atoms with Gasteiger partial charge >= 0.3 is 6.18 Å². The lowest BCUT2D eigenvalue weighted by Gasteiger charge is -2.09. The molecule has 0 bridgehead atoms. The lowest BCUT2D eigenvalue weighted by atomic mass is 10.0. The van der Waals surface area contributed by atoms with Gasteiger partial charge in [-0.1, -0.05) is 17.7 Å². The first-order valence-corrected chi connectivity index (χ1v) is 8.89. The smallest absolute Gasteiger partial charge is 0.321 e. The van der Waals surface area contributed by atoms with Crippen LogP contribution in [-0.4, -0.2) is 30.3 Å². The van der Waals surface area contributed by atoms with Crippen LogP contribution in [0, 0.1) is 5.95 Å². The quantitative estimate of drug-likeness (QED) is 0.461. The minimum Gasteiger partial charge on any atom is -0.321 e. The minimum atomic E-state index is -4.32. The van der Waals surface area contributed by atoms with Gasteiger partial charge in [0.2, 0.25) is 5.95 Å². The van der Waals surface area contributed by atoms with Crippen molar-refractivity contribution in [2.45, 2.75) is 31.0 Å². The van der Waals surface area contributed by atoms with Crippen LogP contribution >= 0.6 is 11.6 Å². The van der Waals surface area contributed by atoms with Crippen LogP contribution in [0.4, 0.5) is 17.6 Å². The van der Waals surface area contributed by atoms with Gasteiger partial charge in [0, 0.05) is 5.56 Å². The Labute approximate surface area is 160 Å². The van der Waals surface area contributed by atoms with Gasteiger partial charge in [0.1, 0.15) is 6.54 Å². The van der Waals surface area contributed by atoms with Crippen molar-refractivity contribution in [2.24, 2.45) is 0 Å². The van der Waals surface area contributed by atoms with E-state index in [0.29, 0.717) is 16.7 Å². The maximum Gasteiger partial charge on any atom is 0.406 e. The number of imidazole rings is 2. The molecule has 2 atom stereocenters. The predicted octanol–water partition coefficient (Wildman–Crippen LogP) is 4.70. The van der Waals surface area contributed by atoms with Gasteiger partial charge in [0.05, 0.1) is 23.6 Å². The highest BCUT2D eigenvalue weighted by Gasteiger charge is 2.41. The summed E-state index contributed by atoms with van der Waals surface area (Å²) in [6.07, 6.45) is -1.27. The summed E-state index contributed by atoms with van der Waals surface area (Å²) < 4.78 is 54.3. The van der Waals surface area contributed by atoms with Crippen LogP contribution in [0.2, 0.25) is 5.15 Å². The van der Waals surface area contributed by atoms with Gasteiger partial charge < -0.3 is 4.57 Å². The Morgan fingerprint density at radius 2 is 1.96 bits per heavy atom. The van der Waals surface area contributed by atoms with Crippen molar-refractivity contribution in [3.05, 3.63) is 59.0 Å². The van der Waals surface area contributed by atoms with Gasteiger partial charge in [-0.05, 0) is 42.0 Å². The molecule has 3 aromatic heterocycles. The van der Waals surface area contributed by atoms with Crippen molar-refractivity contribution in [1.29, 1.82) is 0 Å². The van der Waals surface area contributed by atoms with Crippen LogP contribution in [0.15, 0.2) is 36.8 Å². The second-order valence-corrected chi connectivity index (χ2v) is 7.31. The van der Waals surface area contributed by atoms with E-state index in [1.165, 1.54) is 6.33 Å². The van der Waals surface area contributed by atoms with Crippen molar-refractivity contribution in [1.82, 2.24) is 24.1 Å². The van der Waals surface area contributed by atoms with Crippen LogP contribution in [-0.2, 0) is 6.54 Å². The molecule has 0 amide bonds. The number of hydrogen-bond acceptors (Lipinski definition) is 3. The molecule has 3 heterocycles. The van der Waals surface area contributed by atoms with Crippen molar-refractivity contribution < 1.29 is 17.6 Å². The van der Waals surface area contributed by atoms with E-state index in [4.69, 9.17) is 11.6 Å². The molecule has 5 rings (SSSR count). The molecular weight excluding hydrogens is 398 g/mol. The number of fused-ring (bicyclic) bond motifs is 2. The van der Waals surface area contributed by atoms with E-state index in [2.05, 4.69) is 15.1 Å². The highest BCUT2D eigenvalue weighted by atomic mass is 35.5. The van der Waals surface area contributed by atoms with Gasteiger partial charge in [-0.15, -0.1) is 0 Å². The molecular formula is C18H12ClF4N5. The van der Waals surface area contributed by atoms with E-state index in [0.717, 1.165) is 32.8 Å². The molecule has 5 nitrogen and oxygen atoms in total. The standard InChI is InChI=1S/C18H12ClF4N5/c19-15-5-12(17-24-6-16(20)28(17)26-15)11-4-10(11)9-1-2-13-14(3-9)27(8-25-13)7-18(21,22)23/h1-3,5-6,8,10-11H,4,7H2/t10-,11+/m1/s1. The first kappa shape index (κ1) is 17.4. The Morgan fingerprint density at radius 3 is 2.75 bits per heavy atom. The Morgan fingerprint density at radius 1 is 1.14 bits per heavy atom. The molecule has 1 fully saturated rings. The van der Waals surface area contributed by atoms with E-state index in [9.17, 15) is 17.6 Å². The Balaban J connectivity index is 1.51. The van der Waals surface area contributed by atoms with Gasteiger partial charge in [-0.25, -0.2) is 9.97 Å². The molecule has 0 saturated heterocycles. The molecule has 144 valence electrons. The molecule has 0 unspecified atom stereocenters. The van der Waals surface area contributed by atoms with E-state index in [-0.39, 0.29) is 17.0 Å². The lowest BCUT2D eigenvalue weighted by Crippen LogP contribution is -2.16. The maximum absolute atomic E-state index is 13.8. The Kier molecular flexibility index (Phi) is 3.67. The van der Waals surface area contributed by atoms with E-state index >= 15 is 0 Å². The second kappa shape index (κ2) is 5.91. The largest absolute Gasteiger partial charge is 0.406 e. The molecule has 0 N–H and O–H groups in total. The molecule has 0 radical (unpaired) electrons. The van der Waals surface area contributed by atoms with Crippen LogP contribution < -0.4 is 0 Å². The average Bonchev–Trinajstić information content (AvgIpc) is 3.22. The van der Waals surface area contributed by atoms with Crippen molar-refractivity contribution in [3.63, 3.8) is 0 Å². The zero-order valence-electron chi connectivity index (χ0n) is 14.2. The number of halogens is 5. The highest BCUT2D eigenvalue weighted by Crippen LogP contribution is 2.55. The van der Waals surface area contributed by atoms with Crippen LogP contribution in [0.3, 0.4) is 0 Å². The molecule has 1 aliphatic rings. The van der Waals surface area contributed by atoms with Gasteiger partial charge in [-0.3, -0.25) is 0 Å². The number of rotatable bonds is 3. The summed E-state index contributed by atoms with van der Waals surface area (Å²) in [5, 5.41) is 4.07. The monoisotopic (exact) mass is 409 g/mol. The van der Waals surface area contributed by atoms with Crippen molar-refractivity contribution in [2.75, 3.05) is 0 Å². The second-order valence-electron chi connectivity index (χ2n) is 6.92. The Hall–Kier alpha value is -2.68. The van der Waals surface area contributed by atoms with Gasteiger partial charge in [0.25, 0.3) is 0 Å². The summed E-state index contributed by atoms with van der Waals surface area (Å²) in [7, 11) is 0. The zero-order valence-corrected chi connectivity index (χ0v) is 14.9. The third kappa shape index (κ3) is 2.90. The molecule has 0 spiro atoms. The molecule has 0 aliphatic heterocycles. The molecule has 4 aromatic rings. The fourth-order valence-electron chi connectivity index (χ4n) is 3.74. The third-order valence-electron chi connectivity index (χ3n) is 5.04. The number of alkyl halides is 3. The van der Waals surface area contributed by atoms with Crippen LogP contribution in [0.1, 0.15) is 29.4 Å². The highest BCUT2D eigenvalue weighted by molar-refractivity contribution is 6.29. The summed E-state index contributed by atoms with van der Waals surface area (Å²) in [5.74, 6) is -0.477. The number of benzene rings is 1. The minimum absolute atomic E-state index is 0.0428. The first-order chi connectivity index (χ1) is 13.3. The maximum atomic E-state index is 13.8. The van der Waals surface area contributed by atoms with E-state index in [1.807, 2.05) is 6.07 Å². The van der Waals surface area contributed by atoms with Crippen molar-refractivity contribution >= 4 is 28.3 Å². The van der Waals surface area contributed by atoms with Crippen LogP contribution in [0.25, 0.3) is 16.7 Å². The first-order valence-electron chi connectivity index (χ1n) is 8.51. The summed E-state index contributed by atoms with van der Waals surface area (Å²) in [6.45, 7) is -1.09. The predicted molar refractivity (Wildman–Crippen MR) is 93.8 cm³/mol. The topological polar surface area (TPSA) is 48.0 Å². The number of nitrogens with zero attached hydrogens (tertiary/aromatic N) is 5. The summed E-state index contributed by atoms with van der Waals surface area (Å²) >= 11 is 6.02. The van der Waals surface area contributed by atoms with Gasteiger partial charge in [0.15, 0.2) is 10.8 Å². The Bertz CT molecular complexity index is 1210. The average molecular weight is 410 g/mol. The molecule has 1 aromatic carbocycles. The molecule has 10 heteroatoms. The lowest BCUT2D eigenvalue weighted by molar-refractivity contribution is -0.139. The molecule has 1 saturated carbocycles. The molecule has 28 heavy (non-hydrogen) atoms. The fraction of sp³-hybridized carbons (Fsp3) is 0.278. The normalized spacial score (nSPS) is 19.6. The summed E-state index contributed by atoms with van der Waals surface area (Å²) in [4.78, 5) is 8.11. The van der Waals surface area contributed by atoms with Crippen LogP contribution in [0.5, 0.6) is 0 Å². The SMILES string of the molecule is Fc1cnc2c([C@H]3C[C@@H]3c3ccc4ncn(CC(F)(F)F)c4c3)cc(Cl)nn12.